The maximum Gasteiger partial charge on any atom is 0.209 e. The zero-order valence-corrected chi connectivity index (χ0v) is 15.0. The van der Waals surface area contributed by atoms with E-state index in [9.17, 15) is 0 Å². The van der Waals surface area contributed by atoms with Crippen LogP contribution in [0, 0.1) is 0 Å². The lowest BCUT2D eigenvalue weighted by Gasteiger charge is -2.25. The van der Waals surface area contributed by atoms with Crippen LogP contribution in [0.1, 0.15) is 16.5 Å². The predicted octanol–water partition coefficient (Wildman–Crippen LogP) is 5.16. The van der Waals surface area contributed by atoms with E-state index in [0.29, 0.717) is 0 Å². The predicted molar refractivity (Wildman–Crippen MR) is 107 cm³/mol. The number of rotatable bonds is 3. The summed E-state index contributed by atoms with van der Waals surface area (Å²) in [6.45, 7) is 0. The van der Waals surface area contributed by atoms with Gasteiger partial charge in [-0.05, 0) is 59.5 Å². The number of para-hydroxylation sites is 2. The van der Waals surface area contributed by atoms with Crippen LogP contribution in [0.3, 0.4) is 0 Å². The summed E-state index contributed by atoms with van der Waals surface area (Å²) in [4.78, 5) is 6.11. The molecule has 4 nitrogen and oxygen atoms in total. The molecule has 0 amide bonds. The van der Waals surface area contributed by atoms with Crippen molar-refractivity contribution < 1.29 is 4.74 Å². The summed E-state index contributed by atoms with van der Waals surface area (Å²) in [5.74, 6) is 1.73. The molecule has 5 heteroatoms. The van der Waals surface area contributed by atoms with Gasteiger partial charge in [0.05, 0.1) is 24.2 Å². The van der Waals surface area contributed by atoms with E-state index in [1.54, 1.807) is 18.4 Å². The SMILES string of the molecule is COc1ccc(C2=CC(c3cccs3)n3c(nc4ccccc43)N2)cc1. The highest BCUT2D eigenvalue weighted by Gasteiger charge is 2.25. The van der Waals surface area contributed by atoms with Gasteiger partial charge in [-0.15, -0.1) is 11.3 Å². The van der Waals surface area contributed by atoms with Crippen LogP contribution in [0.25, 0.3) is 16.7 Å². The molecule has 1 aliphatic heterocycles. The van der Waals surface area contributed by atoms with Crippen molar-refractivity contribution in [3.8, 4) is 5.75 Å². The first-order valence-corrected chi connectivity index (χ1v) is 9.35. The molecule has 0 fully saturated rings. The molecule has 1 atom stereocenters. The fraction of sp³-hybridized carbons (Fsp3) is 0.0952. The van der Waals surface area contributed by atoms with Crippen molar-refractivity contribution in [1.29, 1.82) is 0 Å². The lowest BCUT2D eigenvalue weighted by molar-refractivity contribution is 0.415. The number of hydrogen-bond donors (Lipinski definition) is 1. The Balaban J connectivity index is 1.67. The second-order valence-electron chi connectivity index (χ2n) is 6.19. The maximum absolute atomic E-state index is 5.28. The zero-order chi connectivity index (χ0) is 17.5. The molecule has 0 saturated carbocycles. The number of methoxy groups -OCH3 is 1. The molecule has 1 unspecified atom stereocenters. The van der Waals surface area contributed by atoms with Gasteiger partial charge in [0.25, 0.3) is 0 Å². The van der Waals surface area contributed by atoms with E-state index in [2.05, 4.69) is 63.8 Å². The Kier molecular flexibility index (Phi) is 3.53. The number of aromatic nitrogens is 2. The van der Waals surface area contributed by atoms with E-state index in [0.717, 1.165) is 34.0 Å². The molecule has 1 aliphatic rings. The smallest absolute Gasteiger partial charge is 0.209 e. The van der Waals surface area contributed by atoms with Crippen LogP contribution in [0.5, 0.6) is 5.75 Å². The third kappa shape index (κ3) is 2.40. The highest BCUT2D eigenvalue weighted by Crippen LogP contribution is 2.38. The normalized spacial score (nSPS) is 16.0. The third-order valence-corrected chi connectivity index (χ3v) is 5.62. The van der Waals surface area contributed by atoms with Crippen LogP contribution >= 0.6 is 11.3 Å². The number of hydrogen-bond acceptors (Lipinski definition) is 4. The van der Waals surface area contributed by atoms with Gasteiger partial charge in [-0.25, -0.2) is 4.98 Å². The fourth-order valence-electron chi connectivity index (χ4n) is 3.42. The van der Waals surface area contributed by atoms with Gasteiger partial charge >= 0.3 is 0 Å². The Morgan fingerprint density at radius 1 is 1.04 bits per heavy atom. The van der Waals surface area contributed by atoms with Crippen LogP contribution in [0.2, 0.25) is 0 Å². The number of imidazole rings is 1. The van der Waals surface area contributed by atoms with E-state index in [1.165, 1.54) is 4.88 Å². The van der Waals surface area contributed by atoms with E-state index in [1.807, 2.05) is 18.2 Å². The highest BCUT2D eigenvalue weighted by molar-refractivity contribution is 7.10. The number of nitrogens with zero attached hydrogens (tertiary/aromatic N) is 2. The topological polar surface area (TPSA) is 39.1 Å². The quantitative estimate of drug-likeness (QED) is 0.549. The number of thiophene rings is 1. The molecule has 2 aromatic heterocycles. The molecule has 0 radical (unpaired) electrons. The molecule has 1 N–H and O–H groups in total. The van der Waals surface area contributed by atoms with E-state index < -0.39 is 0 Å². The van der Waals surface area contributed by atoms with Gasteiger partial charge in [-0.1, -0.05) is 18.2 Å². The molecule has 0 aliphatic carbocycles. The molecule has 128 valence electrons. The third-order valence-electron chi connectivity index (χ3n) is 4.68. The van der Waals surface area contributed by atoms with Gasteiger partial charge in [0, 0.05) is 10.6 Å². The van der Waals surface area contributed by atoms with Crippen molar-refractivity contribution >= 4 is 34.0 Å². The van der Waals surface area contributed by atoms with Gasteiger partial charge in [0.2, 0.25) is 5.95 Å². The highest BCUT2D eigenvalue weighted by atomic mass is 32.1. The van der Waals surface area contributed by atoms with Gasteiger partial charge in [-0.2, -0.15) is 0 Å². The standard InChI is InChI=1S/C21H17N3OS/c1-25-15-10-8-14(9-11-15)17-13-19(20-7-4-12-26-20)24-18-6-3-2-5-16(18)22-21(24)23-17/h2-13,19H,1H3,(H,22,23). The van der Waals surface area contributed by atoms with Gasteiger partial charge in [-0.3, -0.25) is 4.57 Å². The molecule has 5 rings (SSSR count). The van der Waals surface area contributed by atoms with E-state index >= 15 is 0 Å². The summed E-state index contributed by atoms with van der Waals surface area (Å²) < 4.78 is 7.55. The Labute approximate surface area is 155 Å². The van der Waals surface area contributed by atoms with Crippen LogP contribution in [0.4, 0.5) is 5.95 Å². The first-order valence-electron chi connectivity index (χ1n) is 8.47. The van der Waals surface area contributed by atoms with Crippen LogP contribution in [-0.4, -0.2) is 16.7 Å². The van der Waals surface area contributed by atoms with E-state index in [-0.39, 0.29) is 6.04 Å². The first-order chi connectivity index (χ1) is 12.8. The monoisotopic (exact) mass is 359 g/mol. The number of allylic oxidation sites excluding steroid dienone is 1. The van der Waals surface area contributed by atoms with Crippen molar-refractivity contribution in [2.24, 2.45) is 0 Å². The van der Waals surface area contributed by atoms with Crippen molar-refractivity contribution in [2.45, 2.75) is 6.04 Å². The molecular weight excluding hydrogens is 342 g/mol. The lowest BCUT2D eigenvalue weighted by atomic mass is 10.1. The maximum atomic E-state index is 5.28. The van der Waals surface area contributed by atoms with Gasteiger partial charge in [0.1, 0.15) is 5.75 Å². The number of nitrogens with one attached hydrogen (secondary N) is 1. The van der Waals surface area contributed by atoms with Crippen molar-refractivity contribution in [3.05, 3.63) is 82.6 Å². The summed E-state index contributed by atoms with van der Waals surface area (Å²) in [5, 5.41) is 5.63. The number of anilines is 1. The molecule has 26 heavy (non-hydrogen) atoms. The summed E-state index contributed by atoms with van der Waals surface area (Å²) >= 11 is 1.77. The Morgan fingerprint density at radius 2 is 1.88 bits per heavy atom. The molecule has 0 bridgehead atoms. The number of ether oxygens (including phenoxy) is 1. The molecule has 3 heterocycles. The van der Waals surface area contributed by atoms with Crippen LogP contribution < -0.4 is 10.1 Å². The van der Waals surface area contributed by atoms with Gasteiger partial charge < -0.3 is 10.1 Å². The minimum atomic E-state index is 0.121. The van der Waals surface area contributed by atoms with Gasteiger partial charge in [0.15, 0.2) is 0 Å². The average molecular weight is 359 g/mol. The largest absolute Gasteiger partial charge is 0.497 e. The minimum absolute atomic E-state index is 0.121. The Hall–Kier alpha value is -3.05. The van der Waals surface area contributed by atoms with Crippen LogP contribution in [0.15, 0.2) is 72.1 Å². The van der Waals surface area contributed by atoms with Crippen molar-refractivity contribution in [3.63, 3.8) is 0 Å². The van der Waals surface area contributed by atoms with Crippen molar-refractivity contribution in [2.75, 3.05) is 12.4 Å². The second-order valence-corrected chi connectivity index (χ2v) is 7.17. The summed E-state index contributed by atoms with van der Waals surface area (Å²) in [6, 6.07) is 20.8. The summed E-state index contributed by atoms with van der Waals surface area (Å²) in [7, 11) is 1.68. The number of benzene rings is 2. The fourth-order valence-corrected chi connectivity index (χ4v) is 4.20. The van der Waals surface area contributed by atoms with E-state index in [4.69, 9.17) is 9.72 Å². The lowest BCUT2D eigenvalue weighted by Crippen LogP contribution is -2.18. The molecule has 2 aromatic carbocycles. The molecule has 0 saturated heterocycles. The zero-order valence-electron chi connectivity index (χ0n) is 14.2. The summed E-state index contributed by atoms with van der Waals surface area (Å²) in [5.41, 5.74) is 4.32. The molecular formula is C21H17N3OS. The minimum Gasteiger partial charge on any atom is -0.497 e. The van der Waals surface area contributed by atoms with Crippen LogP contribution in [-0.2, 0) is 0 Å². The first kappa shape index (κ1) is 15.2. The Morgan fingerprint density at radius 3 is 2.65 bits per heavy atom. The average Bonchev–Trinajstić information content (AvgIpc) is 3.35. The van der Waals surface area contributed by atoms with Crippen molar-refractivity contribution in [1.82, 2.24) is 9.55 Å². The Bertz CT molecular complexity index is 1090. The number of fused-ring (bicyclic) bond motifs is 3. The summed E-state index contributed by atoms with van der Waals surface area (Å²) in [6.07, 6.45) is 2.27. The molecule has 4 aromatic rings. The second kappa shape index (κ2) is 6.04. The molecule has 0 spiro atoms.